The number of nitrogens with zero attached hydrogens (tertiary/aromatic N) is 2. The summed E-state index contributed by atoms with van der Waals surface area (Å²) in [5.74, 6) is 0. The first-order chi connectivity index (χ1) is 7.66. The molecule has 17 heavy (non-hydrogen) atoms. The van der Waals surface area contributed by atoms with Crippen molar-refractivity contribution in [1.29, 1.82) is 0 Å². The lowest BCUT2D eigenvalue weighted by Crippen LogP contribution is -2.13. The maximum atomic E-state index is 12.4. The lowest BCUT2D eigenvalue weighted by atomic mass is 10.2. The second-order valence-electron chi connectivity index (χ2n) is 2.78. The van der Waals surface area contributed by atoms with Gasteiger partial charge in [-0.25, -0.2) is 13.8 Å². The Hall–Kier alpha value is -1.07. The van der Waals surface area contributed by atoms with Gasteiger partial charge in [0.05, 0.1) is 4.92 Å². The van der Waals surface area contributed by atoms with E-state index in [1.54, 1.807) is 0 Å². The average Bonchev–Trinajstić information content (AvgIpc) is 2.13. The topological polar surface area (TPSA) is 56.0 Å². The van der Waals surface area contributed by atoms with Crippen LogP contribution in [0.3, 0.4) is 0 Å². The zero-order valence-corrected chi connectivity index (χ0v) is 9.79. The van der Waals surface area contributed by atoms with E-state index in [9.17, 15) is 32.1 Å². The van der Waals surface area contributed by atoms with E-state index in [0.717, 1.165) is 22.6 Å². The molecule has 4 nitrogen and oxygen atoms in total. The number of aromatic nitrogens is 1. The second kappa shape index (κ2) is 4.66. The van der Waals surface area contributed by atoms with Crippen LogP contribution in [-0.2, 0) is 6.18 Å². The summed E-state index contributed by atoms with van der Waals surface area (Å²) < 4.78 is 60.8. The van der Waals surface area contributed by atoms with E-state index in [4.69, 9.17) is 0 Å². The first-order valence-corrected chi connectivity index (χ1v) is 4.92. The molecule has 0 aromatic carbocycles. The number of hydrogen-bond donors (Lipinski definition) is 0. The van der Waals surface area contributed by atoms with Gasteiger partial charge in [0, 0.05) is 6.20 Å². The maximum absolute atomic E-state index is 12.4. The molecule has 0 fully saturated rings. The Morgan fingerprint density at radius 2 is 1.94 bits per heavy atom. The molecule has 0 atom stereocenters. The molecule has 0 bridgehead atoms. The molecule has 1 aromatic rings. The van der Waals surface area contributed by atoms with Crippen LogP contribution in [0.4, 0.5) is 27.6 Å². The van der Waals surface area contributed by atoms with Gasteiger partial charge in [-0.2, -0.15) is 13.2 Å². The van der Waals surface area contributed by atoms with Gasteiger partial charge in [-0.15, -0.1) is 0 Å². The van der Waals surface area contributed by atoms with Gasteiger partial charge in [-0.3, -0.25) is 10.1 Å². The number of nitro groups is 1. The first-order valence-electron chi connectivity index (χ1n) is 3.84. The third-order valence-corrected chi connectivity index (χ3v) is 2.73. The number of rotatable bonds is 2. The van der Waals surface area contributed by atoms with Crippen LogP contribution in [0.1, 0.15) is 17.7 Å². The normalized spacial score (nSPS) is 11.9. The van der Waals surface area contributed by atoms with Gasteiger partial charge in [0.15, 0.2) is 5.69 Å². The summed E-state index contributed by atoms with van der Waals surface area (Å²) >= 11 is 0.983. The molecular weight excluding hydrogens is 366 g/mol. The van der Waals surface area contributed by atoms with Crippen LogP contribution in [-0.4, -0.2) is 9.91 Å². The van der Waals surface area contributed by atoms with E-state index in [0.29, 0.717) is 0 Å². The summed E-state index contributed by atoms with van der Waals surface area (Å²) in [5.41, 5.74) is -3.94. The van der Waals surface area contributed by atoms with Crippen LogP contribution in [0, 0.1) is 13.7 Å². The number of hydrogen-bond acceptors (Lipinski definition) is 3. The maximum Gasteiger partial charge on any atom is 0.434 e. The minimum absolute atomic E-state index is 0.174. The van der Waals surface area contributed by atoms with Gasteiger partial charge in [-0.1, -0.05) is 0 Å². The van der Waals surface area contributed by atoms with Crippen molar-refractivity contribution in [1.82, 2.24) is 4.98 Å². The van der Waals surface area contributed by atoms with Gasteiger partial charge in [0.2, 0.25) is 0 Å². The van der Waals surface area contributed by atoms with Crippen LogP contribution < -0.4 is 0 Å². The Morgan fingerprint density at radius 1 is 1.41 bits per heavy atom. The Labute approximate surface area is 104 Å². The molecule has 1 heterocycles. The summed E-state index contributed by atoms with van der Waals surface area (Å²) in [7, 11) is 0. The van der Waals surface area contributed by atoms with Crippen molar-refractivity contribution in [2.24, 2.45) is 0 Å². The molecule has 0 saturated carbocycles. The van der Waals surface area contributed by atoms with Gasteiger partial charge < -0.3 is 0 Å². The van der Waals surface area contributed by atoms with Crippen LogP contribution in [0.5, 0.6) is 0 Å². The van der Waals surface area contributed by atoms with E-state index < -0.39 is 38.0 Å². The van der Waals surface area contributed by atoms with Crippen molar-refractivity contribution < 1.29 is 26.9 Å². The summed E-state index contributed by atoms with van der Waals surface area (Å²) in [5, 5.41) is 10.5. The number of halogens is 6. The summed E-state index contributed by atoms with van der Waals surface area (Å²) in [6, 6.07) is 0. The van der Waals surface area contributed by atoms with Gasteiger partial charge in [-0.05, 0) is 22.6 Å². The highest BCUT2D eigenvalue weighted by Gasteiger charge is 2.40. The van der Waals surface area contributed by atoms with Crippen molar-refractivity contribution in [2.75, 3.05) is 0 Å². The molecule has 0 spiro atoms. The zero-order valence-electron chi connectivity index (χ0n) is 7.63. The highest BCUT2D eigenvalue weighted by Crippen LogP contribution is 2.39. The smallest absolute Gasteiger partial charge is 0.258 e. The summed E-state index contributed by atoms with van der Waals surface area (Å²) in [6.45, 7) is 0. The molecule has 0 aliphatic heterocycles. The molecular formula is C7H2F5IN2O2. The number of pyridine rings is 1. The predicted octanol–water partition coefficient (Wildman–Crippen LogP) is 3.55. The fourth-order valence-electron chi connectivity index (χ4n) is 1.03. The average molecular weight is 368 g/mol. The number of alkyl halides is 5. The fraction of sp³-hybridized carbons (Fsp3) is 0.286. The molecule has 0 unspecified atom stereocenters. The van der Waals surface area contributed by atoms with E-state index >= 15 is 0 Å². The van der Waals surface area contributed by atoms with E-state index in [-0.39, 0.29) is 6.20 Å². The summed E-state index contributed by atoms with van der Waals surface area (Å²) in [4.78, 5) is 12.0. The van der Waals surface area contributed by atoms with Crippen LogP contribution in [0.15, 0.2) is 6.20 Å². The van der Waals surface area contributed by atoms with Crippen molar-refractivity contribution in [3.63, 3.8) is 0 Å². The Morgan fingerprint density at radius 3 is 2.29 bits per heavy atom. The van der Waals surface area contributed by atoms with Crippen molar-refractivity contribution in [2.45, 2.75) is 12.6 Å². The fourth-order valence-corrected chi connectivity index (χ4v) is 1.99. The zero-order chi connectivity index (χ0) is 13.4. The monoisotopic (exact) mass is 368 g/mol. The second-order valence-corrected chi connectivity index (χ2v) is 3.86. The Kier molecular flexibility index (Phi) is 3.84. The minimum atomic E-state index is -4.93. The predicted molar refractivity (Wildman–Crippen MR) is 53.6 cm³/mol. The molecule has 1 aromatic heterocycles. The lowest BCUT2D eigenvalue weighted by molar-refractivity contribution is -0.387. The molecule has 0 radical (unpaired) electrons. The molecule has 0 aliphatic rings. The quantitative estimate of drug-likeness (QED) is 0.347. The third kappa shape index (κ3) is 2.79. The molecule has 0 N–H and O–H groups in total. The molecule has 10 heteroatoms. The van der Waals surface area contributed by atoms with Gasteiger partial charge >= 0.3 is 6.18 Å². The molecule has 94 valence electrons. The molecule has 1 rings (SSSR count). The van der Waals surface area contributed by atoms with Crippen LogP contribution in [0.25, 0.3) is 0 Å². The van der Waals surface area contributed by atoms with E-state index in [2.05, 4.69) is 4.98 Å². The largest absolute Gasteiger partial charge is 0.434 e. The molecule has 0 saturated heterocycles. The van der Waals surface area contributed by atoms with Crippen molar-refractivity contribution in [3.8, 4) is 0 Å². The van der Waals surface area contributed by atoms with E-state index in [1.807, 2.05) is 0 Å². The Bertz CT molecular complexity index is 462. The van der Waals surface area contributed by atoms with Crippen LogP contribution in [0.2, 0.25) is 0 Å². The molecule has 0 aliphatic carbocycles. The Balaban J connectivity index is 3.56. The standard InChI is InChI=1S/C7H2F5IN2O2/c8-6(9)2-1-14-5(7(10,11)12)3(13)4(2)15(16)17/h1,6H. The van der Waals surface area contributed by atoms with Gasteiger partial charge in [0.1, 0.15) is 9.13 Å². The first kappa shape index (κ1) is 14.0. The van der Waals surface area contributed by atoms with E-state index in [1.165, 1.54) is 0 Å². The summed E-state index contributed by atoms with van der Waals surface area (Å²) in [6.07, 6.45) is -8.02. The van der Waals surface area contributed by atoms with Gasteiger partial charge in [0.25, 0.3) is 12.1 Å². The molecule has 0 amide bonds. The minimum Gasteiger partial charge on any atom is -0.258 e. The lowest BCUT2D eigenvalue weighted by Gasteiger charge is -2.10. The van der Waals surface area contributed by atoms with Crippen molar-refractivity contribution in [3.05, 3.63) is 31.1 Å². The SMILES string of the molecule is O=[N+]([O-])c1c(C(F)F)cnc(C(F)(F)F)c1I. The van der Waals surface area contributed by atoms with Crippen molar-refractivity contribution >= 4 is 28.3 Å². The van der Waals surface area contributed by atoms with Crippen LogP contribution >= 0.6 is 22.6 Å². The highest BCUT2D eigenvalue weighted by molar-refractivity contribution is 14.1. The highest BCUT2D eigenvalue weighted by atomic mass is 127. The third-order valence-electron chi connectivity index (χ3n) is 1.71.